The third-order valence-electron chi connectivity index (χ3n) is 4.10. The maximum atomic E-state index is 12.6. The summed E-state index contributed by atoms with van der Waals surface area (Å²) in [5.41, 5.74) is -1.10. The van der Waals surface area contributed by atoms with Crippen LogP contribution < -0.4 is 16.6 Å². The lowest BCUT2D eigenvalue weighted by Crippen LogP contribution is -2.38. The number of carbonyl (C=O) groups is 1. The second-order valence-corrected chi connectivity index (χ2v) is 6.83. The molecule has 1 unspecified atom stereocenters. The number of hydrogen-bond donors (Lipinski definition) is 1. The van der Waals surface area contributed by atoms with Crippen molar-refractivity contribution in [2.45, 2.75) is 25.6 Å². The Morgan fingerprint density at radius 1 is 1.25 bits per heavy atom. The van der Waals surface area contributed by atoms with E-state index in [1.54, 1.807) is 6.92 Å². The molecule has 10 nitrogen and oxygen atoms in total. The lowest BCUT2D eigenvalue weighted by molar-refractivity contribution is -0.138. The summed E-state index contributed by atoms with van der Waals surface area (Å²) in [5, 5.41) is 7.10. The van der Waals surface area contributed by atoms with E-state index in [1.165, 1.54) is 25.0 Å². The van der Waals surface area contributed by atoms with Crippen LogP contribution >= 0.6 is 11.3 Å². The van der Waals surface area contributed by atoms with Crippen molar-refractivity contribution in [2.75, 3.05) is 5.32 Å². The molecule has 3 aromatic rings. The van der Waals surface area contributed by atoms with Crippen molar-refractivity contribution in [1.29, 1.82) is 0 Å². The van der Waals surface area contributed by atoms with Crippen LogP contribution in [0, 0.1) is 0 Å². The topological polar surface area (TPSA) is 117 Å². The van der Waals surface area contributed by atoms with E-state index in [0.717, 1.165) is 9.13 Å². The first-order chi connectivity index (χ1) is 13.1. The minimum absolute atomic E-state index is 0.0276. The van der Waals surface area contributed by atoms with Crippen molar-refractivity contribution < 1.29 is 18.0 Å². The SMILES string of the molecule is CCC(C(=O)Nc1nnc(C(F)(F)F)s1)n1cnc2c1c(=O)n(C)c(=O)n2C. The van der Waals surface area contributed by atoms with Gasteiger partial charge in [-0.3, -0.25) is 24.0 Å². The zero-order chi connectivity index (χ0) is 20.8. The van der Waals surface area contributed by atoms with Gasteiger partial charge in [-0.2, -0.15) is 13.2 Å². The monoisotopic (exact) mass is 417 g/mol. The summed E-state index contributed by atoms with van der Waals surface area (Å²) in [5.74, 6) is -0.692. The minimum atomic E-state index is -4.66. The fourth-order valence-electron chi connectivity index (χ4n) is 2.69. The first kappa shape index (κ1) is 19.7. The molecule has 14 heteroatoms. The average molecular weight is 417 g/mol. The Morgan fingerprint density at radius 3 is 2.50 bits per heavy atom. The van der Waals surface area contributed by atoms with Gasteiger partial charge < -0.3 is 4.57 Å². The molecular formula is C14H14F3N7O3S. The number of anilines is 1. The largest absolute Gasteiger partial charge is 0.445 e. The van der Waals surface area contributed by atoms with Crippen LogP contribution in [-0.2, 0) is 25.1 Å². The van der Waals surface area contributed by atoms with Crippen LogP contribution in [0.3, 0.4) is 0 Å². The van der Waals surface area contributed by atoms with E-state index in [-0.39, 0.29) is 34.1 Å². The van der Waals surface area contributed by atoms with Crippen molar-refractivity contribution >= 4 is 33.5 Å². The number of aryl methyl sites for hydroxylation is 1. The molecule has 0 radical (unpaired) electrons. The van der Waals surface area contributed by atoms with Crippen LogP contribution in [0.15, 0.2) is 15.9 Å². The van der Waals surface area contributed by atoms with E-state index in [4.69, 9.17) is 0 Å². The summed E-state index contributed by atoms with van der Waals surface area (Å²) in [7, 11) is 2.73. The molecule has 0 aromatic carbocycles. The van der Waals surface area contributed by atoms with Crippen molar-refractivity contribution in [3.8, 4) is 0 Å². The van der Waals surface area contributed by atoms with Crippen molar-refractivity contribution in [3.05, 3.63) is 32.2 Å². The third kappa shape index (κ3) is 3.19. The van der Waals surface area contributed by atoms with Crippen LogP contribution in [0.2, 0.25) is 0 Å². The Bertz CT molecular complexity index is 1170. The molecule has 0 spiro atoms. The van der Waals surface area contributed by atoms with Gasteiger partial charge in [0.15, 0.2) is 11.2 Å². The molecule has 3 heterocycles. The summed E-state index contributed by atoms with van der Waals surface area (Å²) in [6, 6.07) is -0.964. The van der Waals surface area contributed by atoms with Crippen molar-refractivity contribution in [1.82, 2.24) is 28.9 Å². The lowest BCUT2D eigenvalue weighted by Gasteiger charge is -2.16. The number of aromatic nitrogens is 6. The van der Waals surface area contributed by atoms with Gasteiger partial charge in [0.05, 0.1) is 6.33 Å². The third-order valence-corrected chi connectivity index (χ3v) is 4.98. The number of alkyl halides is 3. The molecule has 0 fully saturated rings. The highest BCUT2D eigenvalue weighted by molar-refractivity contribution is 7.15. The van der Waals surface area contributed by atoms with Gasteiger partial charge in [-0.1, -0.05) is 18.3 Å². The molecule has 0 saturated heterocycles. The summed E-state index contributed by atoms with van der Waals surface area (Å²) in [4.78, 5) is 41.2. The van der Waals surface area contributed by atoms with E-state index < -0.39 is 34.4 Å². The van der Waals surface area contributed by atoms with E-state index in [0.29, 0.717) is 0 Å². The van der Waals surface area contributed by atoms with Crippen molar-refractivity contribution in [3.63, 3.8) is 0 Å². The number of nitrogens with zero attached hydrogens (tertiary/aromatic N) is 6. The lowest BCUT2D eigenvalue weighted by atomic mass is 10.2. The Hall–Kier alpha value is -3.03. The molecule has 0 aliphatic carbocycles. The highest BCUT2D eigenvalue weighted by atomic mass is 32.1. The van der Waals surface area contributed by atoms with Crippen LogP contribution in [0.1, 0.15) is 24.4 Å². The van der Waals surface area contributed by atoms with Crippen LogP contribution in [0.4, 0.5) is 18.3 Å². The van der Waals surface area contributed by atoms with Gasteiger partial charge in [0.1, 0.15) is 6.04 Å². The highest BCUT2D eigenvalue weighted by Gasteiger charge is 2.36. The first-order valence-electron chi connectivity index (χ1n) is 7.90. The average Bonchev–Trinajstić information content (AvgIpc) is 3.26. The van der Waals surface area contributed by atoms with Gasteiger partial charge in [0.2, 0.25) is 16.0 Å². The molecule has 3 rings (SSSR count). The predicted molar refractivity (Wildman–Crippen MR) is 93.1 cm³/mol. The van der Waals surface area contributed by atoms with Crippen LogP contribution in [-0.4, -0.2) is 34.8 Å². The van der Waals surface area contributed by atoms with Gasteiger partial charge in [0, 0.05) is 14.1 Å². The summed E-state index contributed by atoms with van der Waals surface area (Å²) in [6.07, 6.45) is -3.23. The van der Waals surface area contributed by atoms with Gasteiger partial charge in [-0.05, 0) is 6.42 Å². The number of rotatable bonds is 4. The summed E-state index contributed by atoms with van der Waals surface area (Å²) >= 11 is 0.192. The van der Waals surface area contributed by atoms with E-state index in [1.807, 2.05) is 0 Å². The van der Waals surface area contributed by atoms with Gasteiger partial charge in [-0.25, -0.2) is 9.78 Å². The smallest absolute Gasteiger partial charge is 0.312 e. The van der Waals surface area contributed by atoms with Gasteiger partial charge >= 0.3 is 11.9 Å². The summed E-state index contributed by atoms with van der Waals surface area (Å²) in [6.45, 7) is 1.66. The molecule has 150 valence electrons. The Labute approximate surface area is 158 Å². The standard InChI is InChI=1S/C14H14F3N7O3S/c1-4-6(9(25)19-12-21-20-11(28-12)14(15,16)17)24-5-18-8-7(24)10(26)23(3)13(27)22(8)2/h5-6H,4H2,1-3H3,(H,19,21,25). The molecule has 3 aromatic heterocycles. The molecule has 0 saturated carbocycles. The number of amides is 1. The normalized spacial score (nSPS) is 13.1. The quantitative estimate of drug-likeness (QED) is 0.674. The molecule has 1 atom stereocenters. The Balaban J connectivity index is 2.00. The summed E-state index contributed by atoms with van der Waals surface area (Å²) < 4.78 is 41.2. The fraction of sp³-hybridized carbons (Fsp3) is 0.429. The number of hydrogen-bond acceptors (Lipinski definition) is 7. The molecule has 28 heavy (non-hydrogen) atoms. The maximum Gasteiger partial charge on any atom is 0.445 e. The predicted octanol–water partition coefficient (Wildman–Crippen LogP) is 0.894. The zero-order valence-corrected chi connectivity index (χ0v) is 15.6. The Morgan fingerprint density at radius 2 is 1.93 bits per heavy atom. The number of nitrogens with one attached hydrogen (secondary N) is 1. The van der Waals surface area contributed by atoms with E-state index >= 15 is 0 Å². The van der Waals surface area contributed by atoms with Crippen LogP contribution in [0.5, 0.6) is 0 Å². The zero-order valence-electron chi connectivity index (χ0n) is 14.8. The number of carbonyl (C=O) groups excluding carboxylic acids is 1. The second-order valence-electron chi connectivity index (χ2n) is 5.85. The molecule has 0 aliphatic rings. The molecule has 1 amide bonds. The molecule has 1 N–H and O–H groups in total. The maximum absolute atomic E-state index is 12.6. The minimum Gasteiger partial charge on any atom is -0.312 e. The molecular weight excluding hydrogens is 403 g/mol. The van der Waals surface area contributed by atoms with E-state index in [9.17, 15) is 27.6 Å². The highest BCUT2D eigenvalue weighted by Crippen LogP contribution is 2.33. The van der Waals surface area contributed by atoms with E-state index in [2.05, 4.69) is 20.5 Å². The number of imidazole rings is 1. The number of fused-ring (bicyclic) bond motifs is 1. The van der Waals surface area contributed by atoms with Crippen LogP contribution in [0.25, 0.3) is 11.2 Å². The second kappa shape index (κ2) is 6.85. The van der Waals surface area contributed by atoms with Crippen molar-refractivity contribution in [2.24, 2.45) is 14.1 Å². The first-order valence-corrected chi connectivity index (χ1v) is 8.72. The van der Waals surface area contributed by atoms with Gasteiger partial charge in [-0.15, -0.1) is 10.2 Å². The Kier molecular flexibility index (Phi) is 4.82. The molecule has 0 bridgehead atoms. The van der Waals surface area contributed by atoms with Gasteiger partial charge in [0.25, 0.3) is 5.56 Å². The molecule has 0 aliphatic heterocycles. The number of halogens is 3. The fourth-order valence-corrected chi connectivity index (χ4v) is 3.30.